The van der Waals surface area contributed by atoms with Gasteiger partial charge in [-0.2, -0.15) is 0 Å². The number of imidazole rings is 1. The summed E-state index contributed by atoms with van der Waals surface area (Å²) in [7, 11) is 1.95. The van der Waals surface area contributed by atoms with E-state index >= 15 is 0 Å². The van der Waals surface area contributed by atoms with Gasteiger partial charge in [0.05, 0.1) is 12.9 Å². The van der Waals surface area contributed by atoms with Crippen molar-refractivity contribution in [3.8, 4) is 0 Å². The van der Waals surface area contributed by atoms with Crippen molar-refractivity contribution in [3.63, 3.8) is 0 Å². The molecule has 0 fully saturated rings. The van der Waals surface area contributed by atoms with E-state index in [1.807, 2.05) is 35.7 Å². The van der Waals surface area contributed by atoms with Gasteiger partial charge < -0.3 is 14.8 Å². The van der Waals surface area contributed by atoms with Crippen LogP contribution in [-0.4, -0.2) is 40.5 Å². The summed E-state index contributed by atoms with van der Waals surface area (Å²) in [6.45, 7) is 4.86. The van der Waals surface area contributed by atoms with Crippen molar-refractivity contribution in [3.05, 3.63) is 54.4 Å². The van der Waals surface area contributed by atoms with E-state index in [2.05, 4.69) is 15.3 Å². The van der Waals surface area contributed by atoms with Gasteiger partial charge in [-0.05, 0) is 24.6 Å². The van der Waals surface area contributed by atoms with Crippen LogP contribution in [0.25, 0.3) is 0 Å². The number of guanidine groups is 1. The van der Waals surface area contributed by atoms with Gasteiger partial charge in [0.1, 0.15) is 5.82 Å². The number of nitrogens with one attached hydrogen (secondary N) is 1. The number of aromatic nitrogens is 2. The minimum Gasteiger partial charge on any atom is -0.357 e. The normalized spacial score (nSPS) is 11.5. The lowest BCUT2D eigenvalue weighted by Gasteiger charge is -2.22. The second-order valence-electron chi connectivity index (χ2n) is 5.02. The van der Waals surface area contributed by atoms with Gasteiger partial charge in [0.2, 0.25) is 0 Å². The smallest absolute Gasteiger partial charge is 0.194 e. The van der Waals surface area contributed by atoms with Gasteiger partial charge in [0.15, 0.2) is 5.96 Å². The van der Waals surface area contributed by atoms with E-state index in [0.717, 1.165) is 24.6 Å². The second kappa shape index (κ2) is 8.17. The monoisotopic (exact) mass is 303 g/mol. The molecule has 0 bridgehead atoms. The molecule has 0 saturated carbocycles. The molecule has 1 heterocycles. The van der Waals surface area contributed by atoms with Crippen molar-refractivity contribution in [2.24, 2.45) is 4.99 Å². The first kappa shape index (κ1) is 16.0. The predicted octanol–water partition coefficient (Wildman–Crippen LogP) is 2.12. The molecule has 0 aliphatic heterocycles. The molecule has 1 N–H and O–H groups in total. The van der Waals surface area contributed by atoms with Gasteiger partial charge in [-0.3, -0.25) is 4.99 Å². The molecule has 1 aromatic carbocycles. The largest absolute Gasteiger partial charge is 0.357 e. The molecule has 0 aliphatic rings. The van der Waals surface area contributed by atoms with E-state index in [4.69, 9.17) is 0 Å². The van der Waals surface area contributed by atoms with Crippen LogP contribution in [-0.2, 0) is 13.1 Å². The van der Waals surface area contributed by atoms with Crippen molar-refractivity contribution in [2.45, 2.75) is 20.0 Å². The third-order valence-electron chi connectivity index (χ3n) is 3.18. The van der Waals surface area contributed by atoms with Gasteiger partial charge in [0.25, 0.3) is 0 Å². The molecule has 6 heteroatoms. The first-order chi connectivity index (χ1) is 10.7. The number of halogens is 1. The van der Waals surface area contributed by atoms with Gasteiger partial charge in [0, 0.05) is 39.1 Å². The molecule has 0 spiro atoms. The van der Waals surface area contributed by atoms with Crippen LogP contribution in [0.15, 0.2) is 48.0 Å². The van der Waals surface area contributed by atoms with Crippen LogP contribution in [0.4, 0.5) is 4.39 Å². The van der Waals surface area contributed by atoms with E-state index in [9.17, 15) is 4.39 Å². The SMILES string of the molecule is CCNC(=NCCn1ccnc1)N(C)Cc1cccc(F)c1. The summed E-state index contributed by atoms with van der Waals surface area (Å²) in [6, 6.07) is 6.63. The minimum atomic E-state index is -0.215. The quantitative estimate of drug-likeness (QED) is 0.657. The highest BCUT2D eigenvalue weighted by Gasteiger charge is 2.06. The molecule has 5 nitrogen and oxygen atoms in total. The van der Waals surface area contributed by atoms with Crippen LogP contribution in [0, 0.1) is 5.82 Å². The lowest BCUT2D eigenvalue weighted by Crippen LogP contribution is -2.38. The third kappa shape index (κ3) is 4.87. The van der Waals surface area contributed by atoms with Crippen molar-refractivity contribution in [2.75, 3.05) is 20.1 Å². The summed E-state index contributed by atoms with van der Waals surface area (Å²) in [4.78, 5) is 10.6. The second-order valence-corrected chi connectivity index (χ2v) is 5.02. The Labute approximate surface area is 130 Å². The maximum absolute atomic E-state index is 13.3. The first-order valence-corrected chi connectivity index (χ1v) is 7.38. The standard InChI is InChI=1S/C16H22FN5/c1-3-19-16(20-8-10-22-9-7-18-13-22)21(2)12-14-5-4-6-15(17)11-14/h4-7,9,11,13H,3,8,10,12H2,1-2H3,(H,19,20). The van der Waals surface area contributed by atoms with Crippen molar-refractivity contribution in [1.29, 1.82) is 0 Å². The topological polar surface area (TPSA) is 45.5 Å². The van der Waals surface area contributed by atoms with Crippen LogP contribution < -0.4 is 5.32 Å². The number of benzene rings is 1. The Bertz CT molecular complexity index is 594. The average molecular weight is 303 g/mol. The fourth-order valence-corrected chi connectivity index (χ4v) is 2.14. The number of rotatable bonds is 6. The lowest BCUT2D eigenvalue weighted by molar-refractivity contribution is 0.473. The third-order valence-corrected chi connectivity index (χ3v) is 3.18. The van der Waals surface area contributed by atoms with Gasteiger partial charge in [-0.1, -0.05) is 12.1 Å². The summed E-state index contributed by atoms with van der Waals surface area (Å²) < 4.78 is 15.2. The molecule has 0 unspecified atom stereocenters. The van der Waals surface area contributed by atoms with Gasteiger partial charge in [-0.15, -0.1) is 0 Å². The zero-order valence-corrected chi connectivity index (χ0v) is 13.0. The molecule has 118 valence electrons. The fraction of sp³-hybridized carbons (Fsp3) is 0.375. The predicted molar refractivity (Wildman–Crippen MR) is 86.1 cm³/mol. The fourth-order valence-electron chi connectivity index (χ4n) is 2.14. The Morgan fingerprint density at radius 1 is 1.45 bits per heavy atom. The Morgan fingerprint density at radius 2 is 2.32 bits per heavy atom. The Kier molecular flexibility index (Phi) is 5.94. The molecule has 0 radical (unpaired) electrons. The van der Waals surface area contributed by atoms with Crippen molar-refractivity contribution < 1.29 is 4.39 Å². The van der Waals surface area contributed by atoms with Crippen LogP contribution in [0.5, 0.6) is 0 Å². The van der Waals surface area contributed by atoms with Crippen LogP contribution in [0.3, 0.4) is 0 Å². The maximum atomic E-state index is 13.3. The summed E-state index contributed by atoms with van der Waals surface area (Å²) in [6.07, 6.45) is 5.45. The number of hydrogen-bond donors (Lipinski definition) is 1. The molecule has 1 aromatic heterocycles. The van der Waals surface area contributed by atoms with Crippen molar-refractivity contribution in [1.82, 2.24) is 19.8 Å². The van der Waals surface area contributed by atoms with Crippen molar-refractivity contribution >= 4 is 5.96 Å². The summed E-state index contributed by atoms with van der Waals surface area (Å²) in [5, 5.41) is 3.25. The highest BCUT2D eigenvalue weighted by Crippen LogP contribution is 2.06. The average Bonchev–Trinajstić information content (AvgIpc) is 2.99. The molecule has 0 aliphatic carbocycles. The molecular weight excluding hydrogens is 281 g/mol. The molecule has 2 aromatic rings. The minimum absolute atomic E-state index is 0.215. The van der Waals surface area contributed by atoms with Crippen LogP contribution in [0.2, 0.25) is 0 Å². The zero-order chi connectivity index (χ0) is 15.8. The highest BCUT2D eigenvalue weighted by atomic mass is 19.1. The Hall–Kier alpha value is -2.37. The van der Waals surface area contributed by atoms with Crippen LogP contribution >= 0.6 is 0 Å². The summed E-state index contributed by atoms with van der Waals surface area (Å²) >= 11 is 0. The summed E-state index contributed by atoms with van der Waals surface area (Å²) in [5.74, 6) is 0.597. The summed E-state index contributed by atoms with van der Waals surface area (Å²) in [5.41, 5.74) is 0.919. The zero-order valence-electron chi connectivity index (χ0n) is 13.0. The molecule has 22 heavy (non-hydrogen) atoms. The van der Waals surface area contributed by atoms with E-state index < -0.39 is 0 Å². The molecular formula is C16H22FN5. The van der Waals surface area contributed by atoms with Crippen LogP contribution in [0.1, 0.15) is 12.5 Å². The number of nitrogens with zero attached hydrogens (tertiary/aromatic N) is 4. The number of hydrogen-bond acceptors (Lipinski definition) is 2. The Balaban J connectivity index is 1.96. The Morgan fingerprint density at radius 3 is 3.00 bits per heavy atom. The molecule has 0 saturated heterocycles. The maximum Gasteiger partial charge on any atom is 0.194 e. The molecule has 0 amide bonds. The van der Waals surface area contributed by atoms with E-state index in [1.54, 1.807) is 24.7 Å². The molecule has 0 atom stereocenters. The van der Waals surface area contributed by atoms with Gasteiger partial charge >= 0.3 is 0 Å². The highest BCUT2D eigenvalue weighted by molar-refractivity contribution is 5.79. The number of aliphatic imine (C=N–C) groups is 1. The van der Waals surface area contributed by atoms with Gasteiger partial charge in [-0.25, -0.2) is 9.37 Å². The van der Waals surface area contributed by atoms with E-state index in [-0.39, 0.29) is 5.82 Å². The van der Waals surface area contributed by atoms with E-state index in [1.165, 1.54) is 6.07 Å². The lowest BCUT2D eigenvalue weighted by atomic mass is 10.2. The van der Waals surface area contributed by atoms with E-state index in [0.29, 0.717) is 13.1 Å². The first-order valence-electron chi connectivity index (χ1n) is 7.38. The molecule has 2 rings (SSSR count).